The van der Waals surface area contributed by atoms with Crippen LogP contribution in [0, 0.1) is 5.41 Å². The number of amides is 1. The summed E-state index contributed by atoms with van der Waals surface area (Å²) in [7, 11) is 0. The van der Waals surface area contributed by atoms with Gasteiger partial charge in [-0.1, -0.05) is 13.8 Å². The number of carbonyl (C=O) groups excluding carboxylic acids is 1. The van der Waals surface area contributed by atoms with E-state index in [2.05, 4.69) is 0 Å². The van der Waals surface area contributed by atoms with Gasteiger partial charge in [0.05, 0.1) is 0 Å². The zero-order valence-electron chi connectivity index (χ0n) is 11.1. The molecule has 106 valence electrons. The highest BCUT2D eigenvalue weighted by Gasteiger charge is 2.56. The molecule has 1 amide bonds. The van der Waals surface area contributed by atoms with Crippen molar-refractivity contribution < 1.29 is 18.0 Å². The number of nitrogens with two attached hydrogens (primary N) is 1. The maximum absolute atomic E-state index is 12.7. The number of halogens is 3. The molecule has 1 aliphatic rings. The van der Waals surface area contributed by atoms with Crippen LogP contribution in [0.4, 0.5) is 13.2 Å². The molecule has 3 nitrogen and oxygen atoms in total. The average Bonchev–Trinajstić information content (AvgIpc) is 2.71. The number of hydrogen-bond acceptors (Lipinski definition) is 2. The lowest BCUT2D eigenvalue weighted by Gasteiger charge is -2.32. The van der Waals surface area contributed by atoms with Gasteiger partial charge in [-0.15, -0.1) is 0 Å². The third-order valence-corrected chi connectivity index (χ3v) is 4.26. The van der Waals surface area contributed by atoms with Crippen LogP contribution >= 0.6 is 0 Å². The topological polar surface area (TPSA) is 46.3 Å². The van der Waals surface area contributed by atoms with Crippen LogP contribution in [-0.4, -0.2) is 35.6 Å². The molecule has 1 rings (SSSR count). The Balaban J connectivity index is 2.83. The number of alkyl halides is 3. The molecule has 1 atom stereocenters. The second kappa shape index (κ2) is 4.72. The van der Waals surface area contributed by atoms with Gasteiger partial charge in [-0.3, -0.25) is 4.79 Å². The highest BCUT2D eigenvalue weighted by Crippen LogP contribution is 2.39. The lowest BCUT2D eigenvalue weighted by atomic mass is 9.82. The van der Waals surface area contributed by atoms with Crippen LogP contribution in [0.15, 0.2) is 0 Å². The fourth-order valence-corrected chi connectivity index (χ4v) is 2.39. The molecule has 0 spiro atoms. The van der Waals surface area contributed by atoms with Gasteiger partial charge in [-0.2, -0.15) is 13.2 Å². The number of rotatable bonds is 3. The molecular formula is C12H21F3N2O. The highest BCUT2D eigenvalue weighted by atomic mass is 19.4. The minimum absolute atomic E-state index is 0.0443. The van der Waals surface area contributed by atoms with Crippen molar-refractivity contribution in [3.63, 3.8) is 0 Å². The van der Waals surface area contributed by atoms with Crippen molar-refractivity contribution in [1.82, 2.24) is 4.90 Å². The first-order valence-corrected chi connectivity index (χ1v) is 6.24. The standard InChI is InChI=1S/C12H21F3N2O/c1-4-11(5-2)6-7-17(8-11)9(18)10(3,16)12(13,14)15/h4-8,16H2,1-3H3. The summed E-state index contributed by atoms with van der Waals surface area (Å²) in [5.41, 5.74) is 2.34. The van der Waals surface area contributed by atoms with Crippen molar-refractivity contribution >= 4 is 5.91 Å². The molecule has 0 aromatic rings. The van der Waals surface area contributed by atoms with Crippen molar-refractivity contribution in [1.29, 1.82) is 0 Å². The molecule has 1 unspecified atom stereocenters. The van der Waals surface area contributed by atoms with Crippen LogP contribution in [0.25, 0.3) is 0 Å². The van der Waals surface area contributed by atoms with Crippen LogP contribution in [0.1, 0.15) is 40.0 Å². The van der Waals surface area contributed by atoms with Gasteiger partial charge in [0.1, 0.15) is 0 Å². The maximum atomic E-state index is 12.7. The second-order valence-electron chi connectivity index (χ2n) is 5.38. The summed E-state index contributed by atoms with van der Waals surface area (Å²) < 4.78 is 38.2. The van der Waals surface area contributed by atoms with Gasteiger partial charge >= 0.3 is 6.18 Å². The van der Waals surface area contributed by atoms with E-state index in [-0.39, 0.29) is 5.41 Å². The van der Waals surface area contributed by atoms with Crippen molar-refractivity contribution in [2.45, 2.75) is 51.7 Å². The van der Waals surface area contributed by atoms with E-state index in [1.165, 1.54) is 4.90 Å². The van der Waals surface area contributed by atoms with Crippen molar-refractivity contribution in [2.24, 2.45) is 11.1 Å². The third-order valence-electron chi connectivity index (χ3n) is 4.26. The van der Waals surface area contributed by atoms with Crippen molar-refractivity contribution in [2.75, 3.05) is 13.1 Å². The predicted molar refractivity (Wildman–Crippen MR) is 62.9 cm³/mol. The van der Waals surface area contributed by atoms with Gasteiger partial charge in [-0.25, -0.2) is 0 Å². The van der Waals surface area contributed by atoms with E-state index in [4.69, 9.17) is 5.73 Å². The summed E-state index contributed by atoms with van der Waals surface area (Å²) in [6.07, 6.45) is -2.24. The first-order chi connectivity index (χ1) is 8.09. The lowest BCUT2D eigenvalue weighted by molar-refractivity contribution is -0.193. The molecule has 6 heteroatoms. The molecular weight excluding hydrogens is 245 g/mol. The van der Waals surface area contributed by atoms with Crippen molar-refractivity contribution in [3.8, 4) is 0 Å². The van der Waals surface area contributed by atoms with Crippen LogP contribution in [0.2, 0.25) is 0 Å². The molecule has 1 heterocycles. The normalized spacial score (nSPS) is 22.9. The number of likely N-dealkylation sites (tertiary alicyclic amines) is 1. The van der Waals surface area contributed by atoms with Gasteiger partial charge in [-0.05, 0) is 31.6 Å². The zero-order chi connectivity index (χ0) is 14.2. The van der Waals surface area contributed by atoms with Gasteiger partial charge in [0.2, 0.25) is 0 Å². The molecule has 1 fully saturated rings. The Morgan fingerprint density at radius 3 is 2.17 bits per heavy atom. The largest absolute Gasteiger partial charge is 0.415 e. The first-order valence-electron chi connectivity index (χ1n) is 6.24. The monoisotopic (exact) mass is 266 g/mol. The third kappa shape index (κ3) is 2.48. The van der Waals surface area contributed by atoms with Crippen LogP contribution in [0.3, 0.4) is 0 Å². The molecule has 0 aliphatic carbocycles. The molecule has 0 radical (unpaired) electrons. The van der Waals surface area contributed by atoms with E-state index in [1.807, 2.05) is 13.8 Å². The second-order valence-corrected chi connectivity index (χ2v) is 5.38. The molecule has 0 aromatic carbocycles. The number of nitrogens with zero attached hydrogens (tertiary/aromatic N) is 1. The number of carbonyl (C=O) groups is 1. The van der Waals surface area contributed by atoms with E-state index < -0.39 is 17.6 Å². The number of hydrogen-bond donors (Lipinski definition) is 1. The summed E-state index contributed by atoms with van der Waals surface area (Å²) in [4.78, 5) is 13.2. The fraction of sp³-hybridized carbons (Fsp3) is 0.917. The van der Waals surface area contributed by atoms with Crippen molar-refractivity contribution in [3.05, 3.63) is 0 Å². The van der Waals surface area contributed by atoms with Crippen LogP contribution in [0.5, 0.6) is 0 Å². The SMILES string of the molecule is CCC1(CC)CCN(C(=O)C(C)(N)C(F)(F)F)C1. The summed E-state index contributed by atoms with van der Waals surface area (Å²) >= 11 is 0. The van der Waals surface area contributed by atoms with E-state index in [0.29, 0.717) is 13.1 Å². The smallest absolute Gasteiger partial charge is 0.340 e. The summed E-state index contributed by atoms with van der Waals surface area (Å²) in [5, 5.41) is 0. The van der Waals surface area contributed by atoms with Crippen LogP contribution in [-0.2, 0) is 4.79 Å². The quantitative estimate of drug-likeness (QED) is 0.852. The first kappa shape index (κ1) is 15.3. The molecule has 0 aromatic heterocycles. The Hall–Kier alpha value is -0.780. The van der Waals surface area contributed by atoms with E-state index in [9.17, 15) is 18.0 Å². The minimum atomic E-state index is -4.71. The zero-order valence-corrected chi connectivity index (χ0v) is 11.1. The van der Waals surface area contributed by atoms with E-state index in [1.54, 1.807) is 0 Å². The van der Waals surface area contributed by atoms with Gasteiger partial charge in [0.25, 0.3) is 5.91 Å². The molecule has 18 heavy (non-hydrogen) atoms. The summed E-state index contributed by atoms with van der Waals surface area (Å²) in [5.74, 6) is -1.02. The Morgan fingerprint density at radius 1 is 1.33 bits per heavy atom. The van der Waals surface area contributed by atoms with Gasteiger partial charge in [0, 0.05) is 13.1 Å². The Labute approximate surface area is 106 Å². The summed E-state index contributed by atoms with van der Waals surface area (Å²) in [6.45, 7) is 5.49. The fourth-order valence-electron chi connectivity index (χ4n) is 2.39. The lowest BCUT2D eigenvalue weighted by Crippen LogP contribution is -2.62. The van der Waals surface area contributed by atoms with Crippen LogP contribution < -0.4 is 5.73 Å². The molecule has 0 saturated carbocycles. The molecule has 2 N–H and O–H groups in total. The summed E-state index contributed by atoms with van der Waals surface area (Å²) in [6, 6.07) is 0. The van der Waals surface area contributed by atoms with E-state index >= 15 is 0 Å². The Bertz CT molecular complexity index is 322. The highest BCUT2D eigenvalue weighted by molar-refractivity contribution is 5.87. The molecule has 1 aliphatic heterocycles. The van der Waals surface area contributed by atoms with Gasteiger partial charge in [0.15, 0.2) is 5.54 Å². The van der Waals surface area contributed by atoms with Gasteiger partial charge < -0.3 is 10.6 Å². The predicted octanol–water partition coefficient (Wildman–Crippen LogP) is 2.30. The molecule has 1 saturated heterocycles. The maximum Gasteiger partial charge on any atom is 0.415 e. The Morgan fingerprint density at radius 2 is 1.83 bits per heavy atom. The molecule has 0 bridgehead atoms. The average molecular weight is 266 g/mol. The minimum Gasteiger partial charge on any atom is -0.340 e. The van der Waals surface area contributed by atoms with E-state index in [0.717, 1.165) is 26.2 Å². The Kier molecular flexibility index (Phi) is 4.00.